The van der Waals surface area contributed by atoms with Crippen LogP contribution in [0.3, 0.4) is 0 Å². The van der Waals surface area contributed by atoms with Crippen LogP contribution in [-0.4, -0.2) is 26.8 Å². The molecule has 0 aliphatic carbocycles. The normalized spacial score (nSPS) is 13.8. The van der Waals surface area contributed by atoms with Gasteiger partial charge in [0.2, 0.25) is 5.91 Å². The van der Waals surface area contributed by atoms with Crippen LogP contribution in [0.4, 0.5) is 0 Å². The fourth-order valence-corrected chi connectivity index (χ4v) is 4.60. The summed E-state index contributed by atoms with van der Waals surface area (Å²) in [5.74, 6) is -0.171. The summed E-state index contributed by atoms with van der Waals surface area (Å²) in [6.45, 7) is 13.3. The van der Waals surface area contributed by atoms with Crippen molar-refractivity contribution < 1.29 is 4.79 Å². The second kappa shape index (κ2) is 8.03. The van der Waals surface area contributed by atoms with Gasteiger partial charge in [-0.05, 0) is 46.1 Å². The lowest BCUT2D eigenvalue weighted by Gasteiger charge is -2.27. The van der Waals surface area contributed by atoms with Gasteiger partial charge in [-0.25, -0.2) is 4.98 Å². The van der Waals surface area contributed by atoms with E-state index in [1.165, 1.54) is 23.1 Å². The van der Waals surface area contributed by atoms with Gasteiger partial charge >= 0.3 is 0 Å². The van der Waals surface area contributed by atoms with E-state index in [0.29, 0.717) is 15.4 Å². The van der Waals surface area contributed by atoms with E-state index in [4.69, 9.17) is 0 Å². The van der Waals surface area contributed by atoms with Crippen molar-refractivity contribution in [2.75, 3.05) is 5.75 Å². The van der Waals surface area contributed by atoms with Gasteiger partial charge in [-0.3, -0.25) is 14.2 Å². The summed E-state index contributed by atoms with van der Waals surface area (Å²) in [5.41, 5.74) is -0.0175. The summed E-state index contributed by atoms with van der Waals surface area (Å²) < 4.78 is 1.64. The predicted molar refractivity (Wildman–Crippen MR) is 111 cm³/mol. The Bertz CT molecular complexity index is 969. The first-order chi connectivity index (χ1) is 12.5. The van der Waals surface area contributed by atoms with E-state index in [1.807, 2.05) is 41.5 Å². The number of hydrogen-bond donors (Lipinski definition) is 1. The van der Waals surface area contributed by atoms with Gasteiger partial charge in [-0.1, -0.05) is 25.6 Å². The molecule has 0 radical (unpaired) electrons. The molecule has 0 saturated heterocycles. The van der Waals surface area contributed by atoms with Crippen LogP contribution in [0.15, 0.2) is 9.95 Å². The lowest BCUT2D eigenvalue weighted by Crippen LogP contribution is -2.49. The number of carbonyl (C=O) groups is 1. The molecule has 0 spiro atoms. The quantitative estimate of drug-likeness (QED) is 0.582. The van der Waals surface area contributed by atoms with Crippen molar-refractivity contribution in [3.63, 3.8) is 0 Å². The molecule has 2 rings (SSSR count). The lowest BCUT2D eigenvalue weighted by atomic mass is 9.90. The number of aromatic nitrogens is 2. The Morgan fingerprint density at radius 3 is 2.52 bits per heavy atom. The van der Waals surface area contributed by atoms with Gasteiger partial charge in [0.25, 0.3) is 5.56 Å². The van der Waals surface area contributed by atoms with Gasteiger partial charge in [0.1, 0.15) is 10.4 Å². The second-order valence-electron chi connectivity index (χ2n) is 7.43. The van der Waals surface area contributed by atoms with Crippen molar-refractivity contribution in [2.45, 2.75) is 65.2 Å². The molecule has 0 bridgehead atoms. The third kappa shape index (κ3) is 4.19. The number of amides is 1. The van der Waals surface area contributed by atoms with Crippen LogP contribution in [0.25, 0.3) is 10.2 Å². The molecule has 1 N–H and O–H groups in total. The highest BCUT2D eigenvalue weighted by molar-refractivity contribution is 7.99. The van der Waals surface area contributed by atoms with Crippen molar-refractivity contribution in [2.24, 2.45) is 5.92 Å². The first kappa shape index (κ1) is 21.5. The van der Waals surface area contributed by atoms with Crippen LogP contribution in [0, 0.1) is 31.1 Å². The van der Waals surface area contributed by atoms with Crippen LogP contribution in [0.2, 0.25) is 0 Å². The maximum atomic E-state index is 13.0. The Hall–Kier alpha value is -1.85. The molecule has 0 fully saturated rings. The van der Waals surface area contributed by atoms with Crippen LogP contribution >= 0.6 is 23.1 Å². The highest BCUT2D eigenvalue weighted by atomic mass is 32.2. The van der Waals surface area contributed by atoms with Gasteiger partial charge in [0.15, 0.2) is 5.16 Å². The van der Waals surface area contributed by atoms with E-state index in [1.54, 1.807) is 11.5 Å². The van der Waals surface area contributed by atoms with Crippen molar-refractivity contribution in [1.82, 2.24) is 14.9 Å². The van der Waals surface area contributed by atoms with Gasteiger partial charge in [-0.2, -0.15) is 5.26 Å². The summed E-state index contributed by atoms with van der Waals surface area (Å²) >= 11 is 2.73. The third-order valence-corrected chi connectivity index (χ3v) is 6.89. The zero-order valence-electron chi connectivity index (χ0n) is 16.8. The highest BCUT2D eigenvalue weighted by Gasteiger charge is 2.30. The second-order valence-corrected chi connectivity index (χ2v) is 9.58. The summed E-state index contributed by atoms with van der Waals surface area (Å²) in [5, 5.41) is 13.3. The maximum absolute atomic E-state index is 13.0. The molecule has 0 aromatic carbocycles. The number of thioether (sulfide) groups is 1. The molecule has 146 valence electrons. The summed E-state index contributed by atoms with van der Waals surface area (Å²) in [6.07, 6.45) is 0. The Morgan fingerprint density at radius 1 is 1.37 bits per heavy atom. The summed E-state index contributed by atoms with van der Waals surface area (Å²) in [4.78, 5) is 31.8. The molecule has 1 amide bonds. The van der Waals surface area contributed by atoms with Crippen molar-refractivity contribution >= 4 is 39.2 Å². The topological polar surface area (TPSA) is 87.8 Å². The Morgan fingerprint density at radius 2 is 2.00 bits per heavy atom. The van der Waals surface area contributed by atoms with Crippen LogP contribution in [-0.2, 0) is 4.79 Å². The first-order valence-electron chi connectivity index (χ1n) is 8.89. The van der Waals surface area contributed by atoms with Crippen LogP contribution in [0.5, 0.6) is 0 Å². The summed E-state index contributed by atoms with van der Waals surface area (Å²) in [7, 11) is 0. The first-order valence-corrected chi connectivity index (χ1v) is 10.7. The average Bonchev–Trinajstić information content (AvgIpc) is 2.86. The molecular formula is C19H26N4O2S2. The number of thiophene rings is 1. The Labute approximate surface area is 168 Å². The van der Waals surface area contributed by atoms with Crippen molar-refractivity contribution in [3.05, 3.63) is 20.8 Å². The van der Waals surface area contributed by atoms with Crippen LogP contribution in [0.1, 0.15) is 51.1 Å². The largest absolute Gasteiger partial charge is 0.337 e. The van der Waals surface area contributed by atoms with E-state index in [0.717, 1.165) is 10.4 Å². The fourth-order valence-electron chi connectivity index (χ4n) is 2.60. The van der Waals surface area contributed by atoms with Gasteiger partial charge in [0.05, 0.1) is 17.2 Å². The van der Waals surface area contributed by atoms with Crippen molar-refractivity contribution in [3.8, 4) is 6.07 Å². The number of nitrogens with zero attached hydrogens (tertiary/aromatic N) is 3. The maximum Gasteiger partial charge on any atom is 0.263 e. The van der Waals surface area contributed by atoms with E-state index in [2.05, 4.69) is 16.4 Å². The molecule has 2 heterocycles. The minimum absolute atomic E-state index is 0.0168. The molecule has 0 saturated carbocycles. The lowest BCUT2D eigenvalue weighted by molar-refractivity contribution is -0.120. The predicted octanol–water partition coefficient (Wildman–Crippen LogP) is 3.80. The zero-order valence-corrected chi connectivity index (χ0v) is 18.5. The molecule has 2 aromatic heterocycles. The number of nitriles is 1. The monoisotopic (exact) mass is 406 g/mol. The summed E-state index contributed by atoms with van der Waals surface area (Å²) in [6, 6.07) is 2.10. The van der Waals surface area contributed by atoms with E-state index < -0.39 is 5.54 Å². The van der Waals surface area contributed by atoms with E-state index in [-0.39, 0.29) is 29.2 Å². The van der Waals surface area contributed by atoms with E-state index >= 15 is 0 Å². The molecule has 8 heteroatoms. The zero-order chi connectivity index (χ0) is 20.5. The van der Waals surface area contributed by atoms with Gasteiger partial charge in [0, 0.05) is 10.9 Å². The number of rotatable bonds is 6. The third-order valence-electron chi connectivity index (χ3n) is 4.84. The molecular weight excluding hydrogens is 380 g/mol. The Balaban J connectivity index is 2.34. The van der Waals surface area contributed by atoms with E-state index in [9.17, 15) is 14.9 Å². The fraction of sp³-hybridized carbons (Fsp3) is 0.579. The molecule has 27 heavy (non-hydrogen) atoms. The van der Waals surface area contributed by atoms with Gasteiger partial charge < -0.3 is 5.32 Å². The van der Waals surface area contributed by atoms with Crippen LogP contribution < -0.4 is 10.9 Å². The number of hydrogen-bond acceptors (Lipinski definition) is 6. The Kier molecular flexibility index (Phi) is 6.38. The van der Waals surface area contributed by atoms with Crippen molar-refractivity contribution in [1.29, 1.82) is 5.26 Å². The number of aryl methyl sites for hydroxylation is 2. The molecule has 0 aliphatic rings. The minimum Gasteiger partial charge on any atom is -0.337 e. The molecule has 6 nitrogen and oxygen atoms in total. The molecule has 2 aromatic rings. The molecule has 1 atom stereocenters. The smallest absolute Gasteiger partial charge is 0.263 e. The standard InChI is InChI=1S/C19H26N4O2S2/c1-10(2)19(7,9-20)22-14(24)8-26-18-21-16-15(12(5)13(6)27-16)17(25)23(18)11(3)4/h10-11H,8H2,1-7H3,(H,22,24). The number of nitrogens with one attached hydrogen (secondary N) is 1. The number of fused-ring (bicyclic) bond motifs is 1. The molecule has 0 aliphatic heterocycles. The van der Waals surface area contributed by atoms with Gasteiger partial charge in [-0.15, -0.1) is 11.3 Å². The average molecular weight is 407 g/mol. The number of carbonyl (C=O) groups excluding carboxylic acids is 1. The minimum atomic E-state index is -0.922. The molecule has 1 unspecified atom stereocenters. The SMILES string of the molecule is Cc1sc2nc(SCC(=O)NC(C)(C#N)C(C)C)n(C(C)C)c(=O)c2c1C. The highest BCUT2D eigenvalue weighted by Crippen LogP contribution is 2.29.